The monoisotopic (exact) mass is 367 g/mol. The zero-order valence-electron chi connectivity index (χ0n) is 12.1. The van der Waals surface area contributed by atoms with E-state index in [4.69, 9.17) is 11.6 Å². The number of rotatable bonds is 5. The first-order valence-electron chi connectivity index (χ1n) is 6.93. The minimum atomic E-state index is 0.209. The molecule has 4 heteroatoms. The lowest BCUT2D eigenvalue weighted by Crippen LogP contribution is -2.25. The van der Waals surface area contributed by atoms with Gasteiger partial charge in [0, 0.05) is 27.6 Å². The molecule has 1 unspecified atom stereocenters. The fourth-order valence-corrected chi connectivity index (χ4v) is 2.86. The predicted octanol–water partition coefficient (Wildman–Crippen LogP) is 5.30. The van der Waals surface area contributed by atoms with Crippen molar-refractivity contribution in [3.8, 4) is 5.75 Å². The minimum Gasteiger partial charge on any atom is -0.508 e. The summed E-state index contributed by atoms with van der Waals surface area (Å²) in [5.41, 5.74) is 2.08. The van der Waals surface area contributed by atoms with Crippen LogP contribution in [0.15, 0.2) is 46.9 Å². The zero-order chi connectivity index (χ0) is 15.4. The molecular weight excluding hydrogens is 350 g/mol. The fraction of sp³-hybridized carbons (Fsp3) is 0.294. The van der Waals surface area contributed by atoms with Crippen LogP contribution in [0, 0.1) is 5.92 Å². The highest BCUT2D eigenvalue weighted by Gasteiger charge is 2.16. The summed E-state index contributed by atoms with van der Waals surface area (Å²) >= 11 is 9.38. The number of phenols is 1. The van der Waals surface area contributed by atoms with Crippen molar-refractivity contribution in [2.24, 2.45) is 5.92 Å². The van der Waals surface area contributed by atoms with Crippen molar-refractivity contribution in [1.29, 1.82) is 0 Å². The third-order valence-corrected chi connectivity index (χ3v) is 4.19. The van der Waals surface area contributed by atoms with E-state index in [9.17, 15) is 5.11 Å². The van der Waals surface area contributed by atoms with Crippen molar-refractivity contribution >= 4 is 27.5 Å². The quantitative estimate of drug-likeness (QED) is 0.751. The molecule has 21 heavy (non-hydrogen) atoms. The van der Waals surface area contributed by atoms with Crippen LogP contribution in [0.4, 0.5) is 0 Å². The van der Waals surface area contributed by atoms with Crippen molar-refractivity contribution < 1.29 is 5.11 Å². The SMILES string of the molecule is CC(C)C(NCc1cc(Br)ccc1O)c1ccc(Cl)cc1. The zero-order valence-corrected chi connectivity index (χ0v) is 14.4. The van der Waals surface area contributed by atoms with Crippen molar-refractivity contribution in [2.75, 3.05) is 0 Å². The highest BCUT2D eigenvalue weighted by molar-refractivity contribution is 9.10. The molecule has 2 N–H and O–H groups in total. The lowest BCUT2D eigenvalue weighted by Gasteiger charge is -2.23. The van der Waals surface area contributed by atoms with Gasteiger partial charge in [-0.25, -0.2) is 0 Å². The maximum Gasteiger partial charge on any atom is 0.120 e. The van der Waals surface area contributed by atoms with E-state index in [2.05, 4.69) is 35.1 Å². The second kappa shape index (κ2) is 7.30. The predicted molar refractivity (Wildman–Crippen MR) is 91.7 cm³/mol. The molecule has 0 aliphatic carbocycles. The van der Waals surface area contributed by atoms with Gasteiger partial charge in [0.15, 0.2) is 0 Å². The maximum atomic E-state index is 9.92. The Morgan fingerprint density at radius 1 is 1.14 bits per heavy atom. The molecule has 0 saturated heterocycles. The van der Waals surface area contributed by atoms with Crippen LogP contribution in [0.25, 0.3) is 0 Å². The van der Waals surface area contributed by atoms with E-state index >= 15 is 0 Å². The Bertz CT molecular complexity index is 598. The van der Waals surface area contributed by atoms with Crippen LogP contribution < -0.4 is 5.32 Å². The van der Waals surface area contributed by atoms with Crippen LogP contribution in [0.1, 0.15) is 31.0 Å². The largest absolute Gasteiger partial charge is 0.508 e. The Labute approximate surface area is 139 Å². The normalized spacial score (nSPS) is 12.6. The number of benzene rings is 2. The van der Waals surface area contributed by atoms with E-state index in [1.807, 2.05) is 36.4 Å². The summed E-state index contributed by atoms with van der Waals surface area (Å²) in [4.78, 5) is 0. The first-order valence-corrected chi connectivity index (χ1v) is 8.10. The second-order valence-corrected chi connectivity index (χ2v) is 6.78. The third kappa shape index (κ3) is 4.47. The summed E-state index contributed by atoms with van der Waals surface area (Å²) in [6, 6.07) is 13.6. The van der Waals surface area contributed by atoms with Crippen LogP contribution in [0.2, 0.25) is 5.02 Å². The lowest BCUT2D eigenvalue weighted by atomic mass is 9.96. The molecule has 0 radical (unpaired) electrons. The second-order valence-electron chi connectivity index (χ2n) is 5.43. The first kappa shape index (κ1) is 16.3. The number of halogens is 2. The topological polar surface area (TPSA) is 32.3 Å². The van der Waals surface area contributed by atoms with Gasteiger partial charge in [-0.1, -0.05) is 53.5 Å². The van der Waals surface area contributed by atoms with Gasteiger partial charge >= 0.3 is 0 Å². The molecule has 0 aromatic heterocycles. The molecule has 2 aromatic carbocycles. The molecule has 0 heterocycles. The average molecular weight is 369 g/mol. The van der Waals surface area contributed by atoms with Crippen LogP contribution in [0.3, 0.4) is 0 Å². The minimum absolute atomic E-state index is 0.209. The van der Waals surface area contributed by atoms with E-state index < -0.39 is 0 Å². The van der Waals surface area contributed by atoms with E-state index in [-0.39, 0.29) is 6.04 Å². The molecule has 0 fully saturated rings. The smallest absolute Gasteiger partial charge is 0.120 e. The van der Waals surface area contributed by atoms with Gasteiger partial charge < -0.3 is 10.4 Å². The summed E-state index contributed by atoms with van der Waals surface area (Å²) in [5.74, 6) is 0.741. The molecule has 112 valence electrons. The summed E-state index contributed by atoms with van der Waals surface area (Å²) in [6.07, 6.45) is 0. The van der Waals surface area contributed by atoms with Crippen LogP contribution >= 0.6 is 27.5 Å². The summed E-state index contributed by atoms with van der Waals surface area (Å²) < 4.78 is 0.963. The molecule has 0 amide bonds. The van der Waals surface area contributed by atoms with Crippen molar-refractivity contribution in [2.45, 2.75) is 26.4 Å². The highest BCUT2D eigenvalue weighted by Crippen LogP contribution is 2.26. The molecule has 0 aliphatic rings. The van der Waals surface area contributed by atoms with Gasteiger partial charge in [0.1, 0.15) is 5.75 Å². The number of phenolic OH excluding ortho intramolecular Hbond substituents is 1. The van der Waals surface area contributed by atoms with Crippen molar-refractivity contribution in [3.05, 3.63) is 63.1 Å². The molecule has 0 saturated carbocycles. The van der Waals surface area contributed by atoms with Crippen LogP contribution in [-0.4, -0.2) is 5.11 Å². The van der Waals surface area contributed by atoms with Gasteiger partial charge in [0.25, 0.3) is 0 Å². The fourth-order valence-electron chi connectivity index (χ4n) is 2.32. The highest BCUT2D eigenvalue weighted by atomic mass is 79.9. The number of hydrogen-bond acceptors (Lipinski definition) is 2. The van der Waals surface area contributed by atoms with E-state index in [1.165, 1.54) is 5.56 Å². The van der Waals surface area contributed by atoms with Gasteiger partial charge in [-0.3, -0.25) is 0 Å². The first-order chi connectivity index (χ1) is 9.97. The molecule has 0 aliphatic heterocycles. The number of aromatic hydroxyl groups is 1. The molecule has 2 rings (SSSR count). The molecule has 0 bridgehead atoms. The van der Waals surface area contributed by atoms with E-state index in [0.717, 1.165) is 15.1 Å². The van der Waals surface area contributed by atoms with Crippen LogP contribution in [-0.2, 0) is 6.54 Å². The summed E-state index contributed by atoms with van der Waals surface area (Å²) in [5, 5.41) is 14.2. The van der Waals surface area contributed by atoms with Crippen LogP contribution in [0.5, 0.6) is 5.75 Å². The van der Waals surface area contributed by atoms with Crippen molar-refractivity contribution in [3.63, 3.8) is 0 Å². The van der Waals surface area contributed by atoms with Gasteiger partial charge in [-0.2, -0.15) is 0 Å². The van der Waals surface area contributed by atoms with Gasteiger partial charge in [-0.05, 0) is 41.8 Å². The Balaban J connectivity index is 2.13. The third-order valence-electron chi connectivity index (χ3n) is 3.45. The molecule has 0 spiro atoms. The number of nitrogens with one attached hydrogen (secondary N) is 1. The molecule has 2 aromatic rings. The van der Waals surface area contributed by atoms with E-state index in [1.54, 1.807) is 6.07 Å². The molecule has 1 atom stereocenters. The summed E-state index contributed by atoms with van der Waals surface area (Å²) in [7, 11) is 0. The Morgan fingerprint density at radius 2 is 1.81 bits per heavy atom. The van der Waals surface area contributed by atoms with Crippen molar-refractivity contribution in [1.82, 2.24) is 5.32 Å². The molecule has 2 nitrogen and oxygen atoms in total. The average Bonchev–Trinajstić information content (AvgIpc) is 2.44. The summed E-state index contributed by atoms with van der Waals surface area (Å²) in [6.45, 7) is 4.96. The lowest BCUT2D eigenvalue weighted by molar-refractivity contribution is 0.402. The van der Waals surface area contributed by atoms with Gasteiger partial charge in [0.05, 0.1) is 0 Å². The number of hydrogen-bond donors (Lipinski definition) is 2. The Hall–Kier alpha value is -1.03. The standard InChI is InChI=1S/C17H19BrClNO/c1-11(2)17(12-3-6-15(19)7-4-12)20-10-13-9-14(18)5-8-16(13)21/h3-9,11,17,20-21H,10H2,1-2H3. The maximum absolute atomic E-state index is 9.92. The molecular formula is C17H19BrClNO. The Morgan fingerprint density at radius 3 is 2.43 bits per heavy atom. The van der Waals surface area contributed by atoms with Gasteiger partial charge in [0.2, 0.25) is 0 Å². The Kier molecular flexibility index (Phi) is 5.68. The van der Waals surface area contributed by atoms with E-state index in [0.29, 0.717) is 18.2 Å². The van der Waals surface area contributed by atoms with Gasteiger partial charge in [-0.15, -0.1) is 0 Å².